The summed E-state index contributed by atoms with van der Waals surface area (Å²) in [6.45, 7) is 0. The van der Waals surface area contributed by atoms with E-state index in [1.54, 1.807) is 0 Å². The van der Waals surface area contributed by atoms with E-state index < -0.39 is 0 Å². The summed E-state index contributed by atoms with van der Waals surface area (Å²) in [5.74, 6) is 0. The van der Waals surface area contributed by atoms with Crippen molar-refractivity contribution >= 4 is 58.8 Å². The van der Waals surface area contributed by atoms with Gasteiger partial charge in [0.15, 0.2) is 5.58 Å². The van der Waals surface area contributed by atoms with Gasteiger partial charge >= 0.3 is 5.63 Å². The van der Waals surface area contributed by atoms with Crippen LogP contribution in [0.3, 0.4) is 0 Å². The monoisotopic (exact) mass is 412 g/mol. The Morgan fingerprint density at radius 2 is 1.70 bits per heavy atom. The van der Waals surface area contributed by atoms with Crippen molar-refractivity contribution in [3.05, 3.63) is 56.5 Å². The Morgan fingerprint density at radius 1 is 1.00 bits per heavy atom. The first kappa shape index (κ1) is 14.0. The lowest BCUT2D eigenvalue weighted by atomic mass is 10.1. The summed E-state index contributed by atoms with van der Waals surface area (Å²) in [6.07, 6.45) is 0. The van der Waals surface area contributed by atoms with Gasteiger partial charge in [-0.25, -0.2) is 4.79 Å². The van der Waals surface area contributed by atoms with E-state index in [0.29, 0.717) is 16.0 Å². The van der Waals surface area contributed by atoms with Crippen molar-refractivity contribution in [2.24, 2.45) is 0 Å². The number of thiol groups is 2. The van der Waals surface area contributed by atoms with Crippen LogP contribution < -0.4 is 5.63 Å². The van der Waals surface area contributed by atoms with Gasteiger partial charge in [-0.15, -0.1) is 25.3 Å². The van der Waals surface area contributed by atoms with Gasteiger partial charge in [-0.3, -0.25) is 0 Å². The summed E-state index contributed by atoms with van der Waals surface area (Å²) in [5.41, 5.74) is 1.53. The van der Waals surface area contributed by atoms with Crippen LogP contribution >= 0.6 is 47.8 Å². The number of hydrogen-bond acceptors (Lipinski definition) is 4. The Bertz CT molecular complexity index is 854. The van der Waals surface area contributed by atoms with Gasteiger partial charge < -0.3 is 4.42 Å². The highest BCUT2D eigenvalue weighted by atomic mass is 127. The van der Waals surface area contributed by atoms with Gasteiger partial charge in [0.05, 0.1) is 10.5 Å². The Balaban J connectivity index is 2.28. The number of hydrogen-bond donors (Lipinski definition) is 2. The van der Waals surface area contributed by atoms with Crippen molar-refractivity contribution in [2.75, 3.05) is 0 Å². The van der Waals surface area contributed by atoms with Gasteiger partial charge in [0, 0.05) is 13.9 Å². The van der Waals surface area contributed by atoms with E-state index in [9.17, 15) is 4.79 Å². The molecule has 0 fully saturated rings. The summed E-state index contributed by atoms with van der Waals surface area (Å²) < 4.78 is 6.39. The number of halogens is 1. The largest absolute Gasteiger partial charge is 0.421 e. The van der Waals surface area contributed by atoms with E-state index in [-0.39, 0.29) is 5.63 Å². The molecule has 1 heterocycles. The highest BCUT2D eigenvalue weighted by Crippen LogP contribution is 2.28. The SMILES string of the molecule is O=c1oc2c(S)c(I)ccc2cc1-c1ccc(S)cc1. The van der Waals surface area contributed by atoms with Crippen LogP contribution in [0.1, 0.15) is 0 Å². The van der Waals surface area contributed by atoms with Gasteiger partial charge in [0.1, 0.15) is 0 Å². The minimum Gasteiger partial charge on any atom is -0.421 e. The second-order valence-electron chi connectivity index (χ2n) is 4.31. The van der Waals surface area contributed by atoms with Crippen LogP contribution in [0.4, 0.5) is 0 Å². The second-order valence-corrected chi connectivity index (χ2v) is 6.43. The summed E-state index contributed by atoms with van der Waals surface area (Å²) in [7, 11) is 0. The molecule has 0 amide bonds. The summed E-state index contributed by atoms with van der Waals surface area (Å²) in [6, 6.07) is 13.1. The van der Waals surface area contributed by atoms with E-state index in [1.165, 1.54) is 0 Å². The fraction of sp³-hybridized carbons (Fsp3) is 0. The minimum atomic E-state index is -0.360. The average Bonchev–Trinajstić information content (AvgIpc) is 2.44. The van der Waals surface area contributed by atoms with Crippen LogP contribution in [0, 0.1) is 3.57 Å². The van der Waals surface area contributed by atoms with Crippen LogP contribution in [0.25, 0.3) is 22.1 Å². The number of rotatable bonds is 1. The molecule has 0 saturated heterocycles. The summed E-state index contributed by atoms with van der Waals surface area (Å²) in [4.78, 5) is 13.7. The fourth-order valence-corrected chi connectivity index (χ4v) is 2.81. The van der Waals surface area contributed by atoms with E-state index in [1.807, 2.05) is 42.5 Å². The Morgan fingerprint density at radius 3 is 2.40 bits per heavy atom. The predicted molar refractivity (Wildman–Crippen MR) is 95.1 cm³/mol. The second kappa shape index (κ2) is 5.46. The number of fused-ring (bicyclic) bond motifs is 1. The third-order valence-corrected chi connectivity index (χ3v) is 5.07. The van der Waals surface area contributed by atoms with Crippen molar-refractivity contribution in [1.29, 1.82) is 0 Å². The molecule has 0 unspecified atom stereocenters. The third-order valence-electron chi connectivity index (χ3n) is 3.01. The smallest absolute Gasteiger partial charge is 0.344 e. The maximum absolute atomic E-state index is 12.2. The van der Waals surface area contributed by atoms with Crippen LogP contribution in [-0.2, 0) is 0 Å². The molecule has 0 bridgehead atoms. The topological polar surface area (TPSA) is 30.2 Å². The Labute approximate surface area is 140 Å². The molecular formula is C15H9IO2S2. The molecule has 3 aromatic rings. The molecule has 0 spiro atoms. The van der Waals surface area contributed by atoms with Gasteiger partial charge in [-0.1, -0.05) is 18.2 Å². The molecule has 0 aliphatic rings. The van der Waals surface area contributed by atoms with Crippen molar-refractivity contribution < 1.29 is 4.42 Å². The standard InChI is InChI=1S/C15H9IO2S2/c16-12-6-3-9-7-11(8-1-4-10(19)5-2-8)15(17)18-13(9)14(12)20/h1-7,19-20H. The van der Waals surface area contributed by atoms with Crippen molar-refractivity contribution in [1.82, 2.24) is 0 Å². The van der Waals surface area contributed by atoms with E-state index in [0.717, 1.165) is 19.4 Å². The molecule has 0 N–H and O–H groups in total. The summed E-state index contributed by atoms with van der Waals surface area (Å²) >= 11 is 10.8. The van der Waals surface area contributed by atoms with E-state index in [4.69, 9.17) is 4.42 Å². The molecular weight excluding hydrogens is 403 g/mol. The molecule has 0 aliphatic carbocycles. The van der Waals surface area contributed by atoms with Crippen molar-refractivity contribution in [3.8, 4) is 11.1 Å². The maximum atomic E-state index is 12.2. The zero-order chi connectivity index (χ0) is 14.3. The van der Waals surface area contributed by atoms with Crippen LogP contribution in [0.15, 0.2) is 61.5 Å². The molecule has 0 aliphatic heterocycles. The Kier molecular flexibility index (Phi) is 3.83. The average molecular weight is 412 g/mol. The van der Waals surface area contributed by atoms with Crippen LogP contribution in [0.5, 0.6) is 0 Å². The molecule has 0 atom stereocenters. The van der Waals surface area contributed by atoms with Crippen LogP contribution in [0.2, 0.25) is 0 Å². The maximum Gasteiger partial charge on any atom is 0.344 e. The quantitative estimate of drug-likeness (QED) is 0.347. The van der Waals surface area contributed by atoms with Gasteiger partial charge in [0.2, 0.25) is 0 Å². The van der Waals surface area contributed by atoms with Gasteiger partial charge in [0.25, 0.3) is 0 Å². The lowest BCUT2D eigenvalue weighted by Gasteiger charge is -2.05. The minimum absolute atomic E-state index is 0.360. The zero-order valence-corrected chi connectivity index (χ0v) is 14.1. The normalized spacial score (nSPS) is 10.9. The molecule has 2 aromatic carbocycles. The lowest BCUT2D eigenvalue weighted by molar-refractivity contribution is 0.556. The molecule has 100 valence electrons. The first-order valence-corrected chi connectivity index (χ1v) is 7.78. The third kappa shape index (κ3) is 2.49. The van der Waals surface area contributed by atoms with Crippen molar-refractivity contribution in [3.63, 3.8) is 0 Å². The molecule has 20 heavy (non-hydrogen) atoms. The highest BCUT2D eigenvalue weighted by Gasteiger charge is 2.11. The molecule has 2 nitrogen and oxygen atoms in total. The molecule has 3 rings (SSSR count). The molecule has 5 heteroatoms. The molecule has 0 saturated carbocycles. The van der Waals surface area contributed by atoms with Crippen LogP contribution in [-0.4, -0.2) is 0 Å². The first-order chi connectivity index (χ1) is 9.56. The molecule has 0 radical (unpaired) electrons. The van der Waals surface area contributed by atoms with Crippen molar-refractivity contribution in [2.45, 2.75) is 9.79 Å². The Hall–Kier alpha value is -0.920. The first-order valence-electron chi connectivity index (χ1n) is 5.81. The molecule has 1 aromatic heterocycles. The number of benzene rings is 2. The van der Waals surface area contributed by atoms with Gasteiger partial charge in [-0.05, 0) is 52.4 Å². The fourth-order valence-electron chi connectivity index (χ4n) is 1.99. The van der Waals surface area contributed by atoms with Gasteiger partial charge in [-0.2, -0.15) is 0 Å². The van der Waals surface area contributed by atoms with E-state index >= 15 is 0 Å². The zero-order valence-electron chi connectivity index (χ0n) is 10.1. The highest BCUT2D eigenvalue weighted by molar-refractivity contribution is 14.1. The predicted octanol–water partition coefficient (Wildman–Crippen LogP) is 4.64. The van der Waals surface area contributed by atoms with E-state index in [2.05, 4.69) is 47.8 Å². The lowest BCUT2D eigenvalue weighted by Crippen LogP contribution is -2.03. The summed E-state index contributed by atoms with van der Waals surface area (Å²) in [5, 5.41) is 0.861.